The van der Waals surface area contributed by atoms with Gasteiger partial charge in [0.2, 0.25) is 0 Å². The molecular formula is C14H12N4O2. The van der Waals surface area contributed by atoms with E-state index in [-0.39, 0.29) is 5.91 Å². The van der Waals surface area contributed by atoms with Gasteiger partial charge < -0.3 is 10.1 Å². The molecule has 0 fully saturated rings. The number of ether oxygens (including phenoxy) is 1. The van der Waals surface area contributed by atoms with Crippen molar-refractivity contribution in [1.29, 1.82) is 0 Å². The van der Waals surface area contributed by atoms with Gasteiger partial charge in [-0.1, -0.05) is 6.07 Å². The van der Waals surface area contributed by atoms with Crippen LogP contribution >= 0.6 is 0 Å². The van der Waals surface area contributed by atoms with Crippen molar-refractivity contribution in [2.75, 3.05) is 12.4 Å². The first-order chi connectivity index (χ1) is 9.76. The standard InChI is InChI=1S/C14H12N4O2/c1-20-12-4-2-3-10(7-12)14(19)16-11-5-6-13-17-15-9-18(13)8-11/h2-9H,1H3,(H,16,19). The fraction of sp³-hybridized carbons (Fsp3) is 0.0714. The van der Waals surface area contributed by atoms with Crippen LogP contribution in [0, 0.1) is 0 Å². The van der Waals surface area contributed by atoms with Crippen molar-refractivity contribution >= 4 is 17.2 Å². The van der Waals surface area contributed by atoms with E-state index in [1.807, 2.05) is 0 Å². The summed E-state index contributed by atoms with van der Waals surface area (Å²) in [5.74, 6) is 0.447. The SMILES string of the molecule is COc1cccc(C(=O)Nc2ccc3nncn3c2)c1. The maximum atomic E-state index is 12.1. The number of benzene rings is 1. The quantitative estimate of drug-likeness (QED) is 0.788. The first-order valence-corrected chi connectivity index (χ1v) is 6.01. The van der Waals surface area contributed by atoms with Gasteiger partial charge in [0.05, 0.1) is 12.8 Å². The molecule has 6 heteroatoms. The molecule has 0 aliphatic rings. The van der Waals surface area contributed by atoms with E-state index < -0.39 is 0 Å². The number of aromatic nitrogens is 3. The summed E-state index contributed by atoms with van der Waals surface area (Å²) in [6, 6.07) is 10.6. The molecule has 1 amide bonds. The second kappa shape index (κ2) is 5.00. The number of nitrogens with zero attached hydrogens (tertiary/aromatic N) is 3. The number of carbonyl (C=O) groups excluding carboxylic acids is 1. The number of methoxy groups -OCH3 is 1. The lowest BCUT2D eigenvalue weighted by Crippen LogP contribution is -2.12. The number of carbonyl (C=O) groups is 1. The summed E-state index contributed by atoms with van der Waals surface area (Å²) in [7, 11) is 1.57. The van der Waals surface area contributed by atoms with Gasteiger partial charge in [0.15, 0.2) is 5.65 Å². The van der Waals surface area contributed by atoms with Crippen LogP contribution < -0.4 is 10.1 Å². The number of anilines is 1. The molecule has 0 aliphatic carbocycles. The van der Waals surface area contributed by atoms with Crippen LogP contribution in [-0.2, 0) is 0 Å². The fourth-order valence-electron chi connectivity index (χ4n) is 1.87. The number of amides is 1. The maximum Gasteiger partial charge on any atom is 0.255 e. The van der Waals surface area contributed by atoms with E-state index in [0.29, 0.717) is 17.0 Å². The van der Waals surface area contributed by atoms with E-state index in [1.165, 1.54) is 0 Å². The minimum absolute atomic E-state index is 0.198. The molecule has 0 aliphatic heterocycles. The molecule has 0 radical (unpaired) electrons. The average Bonchev–Trinajstić information content (AvgIpc) is 2.95. The second-order valence-electron chi connectivity index (χ2n) is 4.20. The third kappa shape index (κ3) is 2.31. The Morgan fingerprint density at radius 3 is 3.05 bits per heavy atom. The number of nitrogens with one attached hydrogen (secondary N) is 1. The third-order valence-corrected chi connectivity index (χ3v) is 2.88. The predicted octanol–water partition coefficient (Wildman–Crippen LogP) is 1.99. The summed E-state index contributed by atoms with van der Waals surface area (Å²) < 4.78 is 6.84. The van der Waals surface area contributed by atoms with Gasteiger partial charge in [0, 0.05) is 11.8 Å². The van der Waals surface area contributed by atoms with Crippen LogP contribution in [0.15, 0.2) is 48.9 Å². The number of rotatable bonds is 3. The van der Waals surface area contributed by atoms with Crippen molar-refractivity contribution in [1.82, 2.24) is 14.6 Å². The van der Waals surface area contributed by atoms with Crippen molar-refractivity contribution in [2.45, 2.75) is 0 Å². The molecule has 2 aromatic heterocycles. The van der Waals surface area contributed by atoms with Crippen molar-refractivity contribution < 1.29 is 9.53 Å². The molecule has 1 aromatic carbocycles. The van der Waals surface area contributed by atoms with Crippen LogP contribution in [0.25, 0.3) is 5.65 Å². The Balaban J connectivity index is 1.83. The minimum Gasteiger partial charge on any atom is -0.497 e. The molecule has 0 unspecified atom stereocenters. The zero-order valence-electron chi connectivity index (χ0n) is 10.8. The molecule has 3 aromatic rings. The maximum absolute atomic E-state index is 12.1. The van der Waals surface area contributed by atoms with Gasteiger partial charge in [0.25, 0.3) is 5.91 Å². The summed E-state index contributed by atoms with van der Waals surface area (Å²) in [6.07, 6.45) is 3.34. The van der Waals surface area contributed by atoms with Crippen LogP contribution in [0.3, 0.4) is 0 Å². The second-order valence-corrected chi connectivity index (χ2v) is 4.20. The summed E-state index contributed by atoms with van der Waals surface area (Å²) >= 11 is 0. The van der Waals surface area contributed by atoms with Gasteiger partial charge >= 0.3 is 0 Å². The van der Waals surface area contributed by atoms with Crippen molar-refractivity contribution in [3.63, 3.8) is 0 Å². The van der Waals surface area contributed by atoms with Crippen molar-refractivity contribution in [3.8, 4) is 5.75 Å². The Labute approximate surface area is 115 Å². The lowest BCUT2D eigenvalue weighted by Gasteiger charge is -2.07. The van der Waals surface area contributed by atoms with E-state index in [1.54, 1.807) is 60.4 Å². The number of hydrogen-bond acceptors (Lipinski definition) is 4. The first kappa shape index (κ1) is 12.2. The Kier molecular flexibility index (Phi) is 3.04. The molecule has 0 bridgehead atoms. The smallest absolute Gasteiger partial charge is 0.255 e. The van der Waals surface area contributed by atoms with E-state index in [4.69, 9.17) is 4.74 Å². The van der Waals surface area contributed by atoms with Crippen LogP contribution in [0.4, 0.5) is 5.69 Å². The zero-order chi connectivity index (χ0) is 13.9. The first-order valence-electron chi connectivity index (χ1n) is 6.01. The van der Waals surface area contributed by atoms with E-state index in [2.05, 4.69) is 15.5 Å². The zero-order valence-corrected chi connectivity index (χ0v) is 10.8. The van der Waals surface area contributed by atoms with Crippen LogP contribution in [0.2, 0.25) is 0 Å². The molecule has 0 spiro atoms. The molecule has 0 saturated carbocycles. The topological polar surface area (TPSA) is 68.5 Å². The van der Waals surface area contributed by atoms with Gasteiger partial charge in [-0.05, 0) is 30.3 Å². The molecule has 100 valence electrons. The average molecular weight is 268 g/mol. The summed E-state index contributed by atoms with van der Waals surface area (Å²) in [5.41, 5.74) is 1.93. The Hall–Kier alpha value is -2.89. The largest absolute Gasteiger partial charge is 0.497 e. The van der Waals surface area contributed by atoms with Crippen LogP contribution in [0.1, 0.15) is 10.4 Å². The van der Waals surface area contributed by atoms with Gasteiger partial charge in [-0.25, -0.2) is 0 Å². The van der Waals surface area contributed by atoms with Crippen LogP contribution in [0.5, 0.6) is 5.75 Å². The van der Waals surface area contributed by atoms with E-state index in [0.717, 1.165) is 5.65 Å². The minimum atomic E-state index is -0.198. The van der Waals surface area contributed by atoms with Crippen molar-refractivity contribution in [3.05, 3.63) is 54.5 Å². The predicted molar refractivity (Wildman–Crippen MR) is 73.9 cm³/mol. The summed E-state index contributed by atoms with van der Waals surface area (Å²) in [5, 5.41) is 10.5. The Bertz CT molecular complexity index is 766. The molecule has 20 heavy (non-hydrogen) atoms. The third-order valence-electron chi connectivity index (χ3n) is 2.88. The normalized spacial score (nSPS) is 10.4. The van der Waals surface area contributed by atoms with E-state index >= 15 is 0 Å². The van der Waals surface area contributed by atoms with Gasteiger partial charge in [-0.2, -0.15) is 0 Å². The summed E-state index contributed by atoms with van der Waals surface area (Å²) in [6.45, 7) is 0. The highest BCUT2D eigenvalue weighted by atomic mass is 16.5. The van der Waals surface area contributed by atoms with Crippen LogP contribution in [-0.4, -0.2) is 27.6 Å². The molecule has 3 rings (SSSR count). The molecule has 1 N–H and O–H groups in total. The number of hydrogen-bond donors (Lipinski definition) is 1. The highest BCUT2D eigenvalue weighted by Gasteiger charge is 2.07. The monoisotopic (exact) mass is 268 g/mol. The van der Waals surface area contributed by atoms with Gasteiger partial charge in [0.1, 0.15) is 12.1 Å². The Morgan fingerprint density at radius 2 is 2.20 bits per heavy atom. The van der Waals surface area contributed by atoms with Crippen molar-refractivity contribution in [2.24, 2.45) is 0 Å². The lowest BCUT2D eigenvalue weighted by molar-refractivity contribution is 0.102. The molecule has 0 atom stereocenters. The molecule has 0 saturated heterocycles. The molecular weight excluding hydrogens is 256 g/mol. The van der Waals surface area contributed by atoms with Gasteiger partial charge in [-0.3, -0.25) is 9.20 Å². The molecule has 6 nitrogen and oxygen atoms in total. The fourth-order valence-corrected chi connectivity index (χ4v) is 1.87. The van der Waals surface area contributed by atoms with Gasteiger partial charge in [-0.15, -0.1) is 10.2 Å². The summed E-state index contributed by atoms with van der Waals surface area (Å²) in [4.78, 5) is 12.1. The van der Waals surface area contributed by atoms with E-state index in [9.17, 15) is 4.79 Å². The number of fused-ring (bicyclic) bond motifs is 1. The highest BCUT2D eigenvalue weighted by Crippen LogP contribution is 2.15. The Morgan fingerprint density at radius 1 is 1.30 bits per heavy atom. The number of pyridine rings is 1. The lowest BCUT2D eigenvalue weighted by atomic mass is 10.2. The molecule has 2 heterocycles. The highest BCUT2D eigenvalue weighted by molar-refractivity contribution is 6.04.